The van der Waals surface area contributed by atoms with E-state index in [0.717, 1.165) is 11.6 Å². The van der Waals surface area contributed by atoms with E-state index in [0.29, 0.717) is 45.2 Å². The maximum absolute atomic E-state index is 14.1. The van der Waals surface area contributed by atoms with E-state index in [2.05, 4.69) is 5.32 Å². The Labute approximate surface area is 197 Å². The molecule has 34 heavy (non-hydrogen) atoms. The molecule has 2 saturated heterocycles. The lowest BCUT2D eigenvalue weighted by Gasteiger charge is -2.41. The van der Waals surface area contributed by atoms with Gasteiger partial charge in [0.1, 0.15) is 11.6 Å². The highest BCUT2D eigenvalue weighted by Crippen LogP contribution is 2.32. The molecule has 4 amide bonds. The molecule has 2 aromatic carbocycles. The van der Waals surface area contributed by atoms with Gasteiger partial charge in [0.05, 0.1) is 11.6 Å². The van der Waals surface area contributed by atoms with Crippen molar-refractivity contribution in [3.05, 3.63) is 65.7 Å². The zero-order valence-corrected chi connectivity index (χ0v) is 19.0. The van der Waals surface area contributed by atoms with E-state index in [1.54, 1.807) is 9.80 Å². The maximum atomic E-state index is 14.1. The highest BCUT2D eigenvalue weighted by Gasteiger charge is 2.37. The molecule has 180 valence electrons. The number of carbonyl (C=O) groups is 3. The molecule has 0 saturated carbocycles. The van der Waals surface area contributed by atoms with Crippen LogP contribution in [0.25, 0.3) is 0 Å². The fourth-order valence-corrected chi connectivity index (χ4v) is 4.70. The summed E-state index contributed by atoms with van der Waals surface area (Å²) in [6.45, 7) is 3.98. The Morgan fingerprint density at radius 3 is 2.21 bits per heavy atom. The van der Waals surface area contributed by atoms with E-state index in [1.165, 1.54) is 17.9 Å². The second-order valence-corrected chi connectivity index (χ2v) is 8.83. The second kappa shape index (κ2) is 10.2. The van der Waals surface area contributed by atoms with Crippen LogP contribution in [-0.2, 0) is 9.59 Å². The summed E-state index contributed by atoms with van der Waals surface area (Å²) in [6.07, 6.45) is 0.588. The third-order valence-corrected chi connectivity index (χ3v) is 6.57. The molecule has 4 rings (SSSR count). The molecule has 0 spiro atoms. The van der Waals surface area contributed by atoms with Crippen LogP contribution in [0.5, 0.6) is 0 Å². The van der Waals surface area contributed by atoms with Crippen molar-refractivity contribution in [2.75, 3.05) is 44.6 Å². The van der Waals surface area contributed by atoms with E-state index in [1.807, 2.05) is 30.3 Å². The van der Waals surface area contributed by atoms with E-state index in [4.69, 9.17) is 0 Å². The van der Waals surface area contributed by atoms with Crippen LogP contribution in [0, 0.1) is 17.6 Å². The van der Waals surface area contributed by atoms with Gasteiger partial charge >= 0.3 is 6.03 Å². The average molecular weight is 471 g/mol. The van der Waals surface area contributed by atoms with Crippen LogP contribution < -0.4 is 5.32 Å². The second-order valence-electron chi connectivity index (χ2n) is 8.83. The molecule has 2 atom stereocenters. The molecule has 0 bridgehead atoms. The van der Waals surface area contributed by atoms with E-state index in [-0.39, 0.29) is 30.0 Å². The van der Waals surface area contributed by atoms with Crippen LogP contribution in [-0.4, -0.2) is 71.8 Å². The van der Waals surface area contributed by atoms with Gasteiger partial charge in [-0.3, -0.25) is 9.59 Å². The van der Waals surface area contributed by atoms with Gasteiger partial charge in [0.2, 0.25) is 11.8 Å². The first-order chi connectivity index (χ1) is 16.3. The lowest BCUT2D eigenvalue weighted by atomic mass is 9.84. The normalized spacial score (nSPS) is 20.7. The van der Waals surface area contributed by atoms with Crippen LogP contribution >= 0.6 is 0 Å². The molecule has 1 N–H and O–H groups in total. The zero-order valence-electron chi connectivity index (χ0n) is 19.0. The van der Waals surface area contributed by atoms with Crippen molar-refractivity contribution in [3.8, 4) is 0 Å². The lowest BCUT2D eigenvalue weighted by molar-refractivity contribution is -0.142. The number of hydrogen-bond donors (Lipinski definition) is 1. The summed E-state index contributed by atoms with van der Waals surface area (Å²) < 4.78 is 27.3. The Bertz CT molecular complexity index is 1060. The van der Waals surface area contributed by atoms with Gasteiger partial charge in [0, 0.05) is 58.2 Å². The van der Waals surface area contributed by atoms with Crippen molar-refractivity contribution in [2.45, 2.75) is 19.3 Å². The van der Waals surface area contributed by atoms with Gasteiger partial charge in [-0.05, 0) is 24.1 Å². The van der Waals surface area contributed by atoms with Crippen molar-refractivity contribution in [3.63, 3.8) is 0 Å². The summed E-state index contributed by atoms with van der Waals surface area (Å²) >= 11 is 0. The quantitative estimate of drug-likeness (QED) is 0.748. The standard InChI is InChI=1S/C25H28F2N4O3/c1-17(32)29-9-11-30(12-10-29)24(33)20-13-19(18-5-3-2-4-6-18)15-31(16-20)25(34)28-23-8-7-21(26)14-22(23)27/h2-8,14,19-20H,9-13,15-16H2,1H3,(H,28,34). The number of carbonyl (C=O) groups excluding carboxylic acids is 3. The third kappa shape index (κ3) is 5.35. The summed E-state index contributed by atoms with van der Waals surface area (Å²) in [5, 5.41) is 2.51. The molecule has 7 nitrogen and oxygen atoms in total. The van der Waals surface area contributed by atoms with E-state index in [9.17, 15) is 23.2 Å². The zero-order chi connectivity index (χ0) is 24.2. The van der Waals surface area contributed by atoms with Gasteiger partial charge in [-0.1, -0.05) is 30.3 Å². The van der Waals surface area contributed by atoms with Crippen molar-refractivity contribution >= 4 is 23.5 Å². The number of halogens is 2. The molecule has 0 aromatic heterocycles. The summed E-state index contributed by atoms with van der Waals surface area (Å²) in [4.78, 5) is 43.0. The first-order valence-corrected chi connectivity index (χ1v) is 11.4. The minimum Gasteiger partial charge on any atom is -0.339 e. The van der Waals surface area contributed by atoms with Crippen LogP contribution in [0.15, 0.2) is 48.5 Å². The highest BCUT2D eigenvalue weighted by molar-refractivity contribution is 5.90. The molecule has 2 aliphatic rings. The average Bonchev–Trinajstić information content (AvgIpc) is 2.85. The fraction of sp³-hybridized carbons (Fsp3) is 0.400. The minimum absolute atomic E-state index is 0.00946. The summed E-state index contributed by atoms with van der Waals surface area (Å²) in [5.74, 6) is -2.13. The Hall–Kier alpha value is -3.49. The minimum atomic E-state index is -0.860. The number of piperazine rings is 1. The number of hydrogen-bond acceptors (Lipinski definition) is 3. The highest BCUT2D eigenvalue weighted by atomic mass is 19.1. The Morgan fingerprint density at radius 2 is 1.56 bits per heavy atom. The number of likely N-dealkylation sites (tertiary alicyclic amines) is 1. The SMILES string of the molecule is CC(=O)N1CCN(C(=O)C2CC(c3ccccc3)CN(C(=O)Nc3ccc(F)cc3F)C2)CC1. The van der Waals surface area contributed by atoms with Crippen LogP contribution in [0.1, 0.15) is 24.8 Å². The van der Waals surface area contributed by atoms with Crippen LogP contribution in [0.3, 0.4) is 0 Å². The summed E-state index contributed by atoms with van der Waals surface area (Å²) in [7, 11) is 0. The molecule has 2 heterocycles. The number of piperidine rings is 1. The predicted octanol–water partition coefficient (Wildman–Crippen LogP) is 3.29. The van der Waals surface area contributed by atoms with Gasteiger partial charge in [-0.15, -0.1) is 0 Å². The van der Waals surface area contributed by atoms with Crippen molar-refractivity contribution in [2.24, 2.45) is 5.92 Å². The van der Waals surface area contributed by atoms with Gasteiger partial charge in [-0.25, -0.2) is 13.6 Å². The number of amides is 4. The number of anilines is 1. The van der Waals surface area contributed by atoms with Crippen molar-refractivity contribution in [1.82, 2.24) is 14.7 Å². The topological polar surface area (TPSA) is 73.0 Å². The number of benzene rings is 2. The molecular formula is C25H28F2N4O3. The van der Waals surface area contributed by atoms with Gasteiger partial charge in [0.15, 0.2) is 0 Å². The smallest absolute Gasteiger partial charge is 0.321 e. The molecule has 2 aromatic rings. The lowest BCUT2D eigenvalue weighted by Crippen LogP contribution is -2.55. The van der Waals surface area contributed by atoms with Gasteiger partial charge in [0.25, 0.3) is 0 Å². The molecular weight excluding hydrogens is 442 g/mol. The first kappa shape index (κ1) is 23.7. The van der Waals surface area contributed by atoms with Gasteiger partial charge in [-0.2, -0.15) is 0 Å². The summed E-state index contributed by atoms with van der Waals surface area (Å²) in [5.41, 5.74) is 0.906. The van der Waals surface area contributed by atoms with E-state index >= 15 is 0 Å². The van der Waals surface area contributed by atoms with Crippen molar-refractivity contribution < 1.29 is 23.2 Å². The molecule has 0 radical (unpaired) electrons. The monoisotopic (exact) mass is 470 g/mol. The largest absolute Gasteiger partial charge is 0.339 e. The first-order valence-electron chi connectivity index (χ1n) is 11.4. The number of nitrogens with zero attached hydrogens (tertiary/aromatic N) is 3. The Morgan fingerprint density at radius 1 is 0.882 bits per heavy atom. The number of rotatable bonds is 3. The summed E-state index contributed by atoms with van der Waals surface area (Å²) in [6, 6.07) is 12.1. The molecule has 2 fully saturated rings. The van der Waals surface area contributed by atoms with Crippen LogP contribution in [0.2, 0.25) is 0 Å². The molecule has 9 heteroatoms. The van der Waals surface area contributed by atoms with E-state index < -0.39 is 23.6 Å². The number of nitrogens with one attached hydrogen (secondary N) is 1. The Kier molecular flexibility index (Phi) is 7.09. The fourth-order valence-electron chi connectivity index (χ4n) is 4.70. The van der Waals surface area contributed by atoms with Crippen molar-refractivity contribution in [1.29, 1.82) is 0 Å². The predicted molar refractivity (Wildman–Crippen MR) is 123 cm³/mol. The molecule has 0 aliphatic carbocycles. The Balaban J connectivity index is 1.50. The molecule has 2 aliphatic heterocycles. The number of urea groups is 1. The maximum Gasteiger partial charge on any atom is 0.321 e. The molecule has 2 unspecified atom stereocenters. The van der Waals surface area contributed by atoms with Crippen LogP contribution in [0.4, 0.5) is 19.3 Å². The third-order valence-electron chi connectivity index (χ3n) is 6.57. The van der Waals surface area contributed by atoms with Gasteiger partial charge < -0.3 is 20.0 Å².